The van der Waals surface area contributed by atoms with Crippen LogP contribution in [0.2, 0.25) is 4.34 Å². The molecular weight excluding hydrogens is 340 g/mol. The van der Waals surface area contributed by atoms with Gasteiger partial charge in [-0.2, -0.15) is 0 Å². The quantitative estimate of drug-likeness (QED) is 0.733. The fourth-order valence-corrected chi connectivity index (χ4v) is 3.34. The minimum atomic E-state index is -0.657. The first kappa shape index (κ1) is 17.7. The van der Waals surface area contributed by atoms with Crippen LogP contribution in [0.3, 0.4) is 0 Å². The number of rotatable bonds is 6. The number of nitrogens with zero attached hydrogens (tertiary/aromatic N) is 2. The minimum absolute atomic E-state index is 0.176. The van der Waals surface area contributed by atoms with E-state index in [-0.39, 0.29) is 17.8 Å². The monoisotopic (exact) mass is 358 g/mol. The lowest BCUT2D eigenvalue weighted by atomic mass is 10.1. The number of thiophene rings is 1. The van der Waals surface area contributed by atoms with Crippen molar-refractivity contribution >= 4 is 40.5 Å². The highest BCUT2D eigenvalue weighted by atomic mass is 35.5. The van der Waals surface area contributed by atoms with E-state index in [9.17, 15) is 9.59 Å². The molecule has 1 aliphatic heterocycles. The van der Waals surface area contributed by atoms with Crippen LogP contribution in [-0.2, 0) is 19.2 Å². The van der Waals surface area contributed by atoms with Gasteiger partial charge in [0.1, 0.15) is 5.71 Å². The third kappa shape index (κ3) is 4.23. The van der Waals surface area contributed by atoms with Crippen LogP contribution in [0.1, 0.15) is 25.1 Å². The Morgan fingerprint density at radius 3 is 2.87 bits per heavy atom. The van der Waals surface area contributed by atoms with Crippen LogP contribution in [0.4, 0.5) is 0 Å². The highest BCUT2D eigenvalue weighted by Crippen LogP contribution is 2.27. The molecule has 0 bridgehead atoms. The van der Waals surface area contributed by atoms with Crippen molar-refractivity contribution in [2.75, 3.05) is 20.2 Å². The van der Waals surface area contributed by atoms with Crippen molar-refractivity contribution < 1.29 is 19.2 Å². The normalized spacial score (nSPS) is 18.1. The number of oxime groups is 1. The molecule has 1 aromatic rings. The zero-order valence-corrected chi connectivity index (χ0v) is 14.8. The van der Waals surface area contributed by atoms with Crippen LogP contribution in [0, 0.1) is 5.92 Å². The van der Waals surface area contributed by atoms with Gasteiger partial charge in [-0.1, -0.05) is 23.7 Å². The summed E-state index contributed by atoms with van der Waals surface area (Å²) < 4.78 is 5.36. The summed E-state index contributed by atoms with van der Waals surface area (Å²) in [6, 6.07) is 3.65. The number of amides is 1. The number of methoxy groups -OCH3 is 1. The first-order valence-corrected chi connectivity index (χ1v) is 8.50. The molecule has 1 aliphatic rings. The molecule has 0 saturated carbocycles. The number of halogens is 1. The molecule has 8 heteroatoms. The van der Waals surface area contributed by atoms with Crippen LogP contribution in [0.5, 0.6) is 0 Å². The average molecular weight is 359 g/mol. The summed E-state index contributed by atoms with van der Waals surface area (Å²) in [5.74, 6) is -0.903. The Morgan fingerprint density at radius 1 is 1.57 bits per heavy atom. The molecule has 2 rings (SSSR count). The Balaban J connectivity index is 1.96. The largest absolute Gasteiger partial charge is 0.469 e. The maximum Gasteiger partial charge on any atom is 0.310 e. The summed E-state index contributed by atoms with van der Waals surface area (Å²) >= 11 is 7.31. The molecule has 2 atom stereocenters. The van der Waals surface area contributed by atoms with Gasteiger partial charge in [-0.15, -0.1) is 11.3 Å². The lowest BCUT2D eigenvalue weighted by molar-refractivity contribution is -0.148. The lowest BCUT2D eigenvalue weighted by Crippen LogP contribution is -2.42. The van der Waals surface area contributed by atoms with Crippen molar-refractivity contribution in [3.63, 3.8) is 0 Å². The van der Waals surface area contributed by atoms with Gasteiger partial charge >= 0.3 is 5.97 Å². The molecule has 0 radical (unpaired) electrons. The molecule has 1 aromatic heterocycles. The number of carbonyl (C=O) groups is 2. The van der Waals surface area contributed by atoms with Crippen LogP contribution in [0.25, 0.3) is 0 Å². The number of carbonyl (C=O) groups excluding carboxylic acids is 2. The zero-order valence-electron chi connectivity index (χ0n) is 13.2. The van der Waals surface area contributed by atoms with Gasteiger partial charge in [0, 0.05) is 19.5 Å². The lowest BCUT2D eigenvalue weighted by Gasteiger charge is -2.25. The fraction of sp³-hybridized carbons (Fsp3) is 0.533. The Bertz CT molecular complexity index is 616. The molecule has 1 amide bonds. The van der Waals surface area contributed by atoms with Crippen LogP contribution < -0.4 is 0 Å². The summed E-state index contributed by atoms with van der Waals surface area (Å²) in [6.07, 6.45) is -0.255. The van der Waals surface area contributed by atoms with E-state index < -0.39 is 6.10 Å². The van der Waals surface area contributed by atoms with E-state index in [0.29, 0.717) is 23.8 Å². The van der Waals surface area contributed by atoms with Crippen molar-refractivity contribution in [2.24, 2.45) is 11.1 Å². The first-order valence-electron chi connectivity index (χ1n) is 7.31. The Morgan fingerprint density at radius 2 is 2.30 bits per heavy atom. The zero-order chi connectivity index (χ0) is 17.0. The molecule has 6 nitrogen and oxygen atoms in total. The van der Waals surface area contributed by atoms with Crippen LogP contribution >= 0.6 is 22.9 Å². The number of esters is 1. The Hall–Kier alpha value is -1.60. The number of hydrogen-bond donors (Lipinski definition) is 0. The number of hydrogen-bond acceptors (Lipinski definition) is 6. The maximum atomic E-state index is 12.6. The van der Waals surface area contributed by atoms with Crippen molar-refractivity contribution in [1.82, 2.24) is 4.90 Å². The van der Waals surface area contributed by atoms with Gasteiger partial charge in [0.2, 0.25) is 6.10 Å². The molecular formula is C15H19ClN2O4S. The smallest absolute Gasteiger partial charge is 0.310 e. The Labute approximate surface area is 144 Å². The van der Waals surface area contributed by atoms with Crippen LogP contribution in [0.15, 0.2) is 17.3 Å². The van der Waals surface area contributed by atoms with Gasteiger partial charge in [-0.25, -0.2) is 0 Å². The van der Waals surface area contributed by atoms with Gasteiger partial charge in [0.15, 0.2) is 0 Å². The van der Waals surface area contributed by atoms with Gasteiger partial charge in [-0.3, -0.25) is 9.59 Å². The molecule has 0 aromatic carbocycles. The molecule has 0 saturated heterocycles. The average Bonchev–Trinajstić information content (AvgIpc) is 3.19. The van der Waals surface area contributed by atoms with E-state index in [1.54, 1.807) is 17.9 Å². The summed E-state index contributed by atoms with van der Waals surface area (Å²) in [7, 11) is 1.34. The maximum absolute atomic E-state index is 12.6. The molecule has 2 heterocycles. The highest BCUT2D eigenvalue weighted by molar-refractivity contribution is 7.18. The van der Waals surface area contributed by atoms with E-state index in [0.717, 1.165) is 10.6 Å². The summed E-state index contributed by atoms with van der Waals surface area (Å²) in [5, 5.41) is 4.00. The van der Waals surface area contributed by atoms with E-state index in [1.165, 1.54) is 18.4 Å². The third-order valence-electron chi connectivity index (χ3n) is 3.59. The predicted molar refractivity (Wildman–Crippen MR) is 88.8 cm³/mol. The number of likely N-dealkylation sites (N-methyl/N-ethyl adjacent to an activating group) is 1. The molecule has 0 N–H and O–H groups in total. The molecule has 23 heavy (non-hydrogen) atoms. The second-order valence-corrected chi connectivity index (χ2v) is 6.96. The van der Waals surface area contributed by atoms with E-state index in [4.69, 9.17) is 21.2 Å². The fourth-order valence-electron chi connectivity index (χ4n) is 2.31. The molecule has 2 unspecified atom stereocenters. The second kappa shape index (κ2) is 7.79. The molecule has 0 aliphatic carbocycles. The second-order valence-electron chi connectivity index (χ2n) is 5.24. The third-order valence-corrected chi connectivity index (χ3v) is 4.87. The van der Waals surface area contributed by atoms with Crippen molar-refractivity contribution in [3.8, 4) is 0 Å². The van der Waals surface area contributed by atoms with Crippen LogP contribution in [-0.4, -0.2) is 48.8 Å². The highest BCUT2D eigenvalue weighted by Gasteiger charge is 2.33. The molecule has 126 valence electrons. The topological polar surface area (TPSA) is 68.2 Å². The molecule has 0 fully saturated rings. The van der Waals surface area contributed by atoms with Gasteiger partial charge in [-0.05, 0) is 19.1 Å². The van der Waals surface area contributed by atoms with Gasteiger partial charge in [0.05, 0.1) is 22.2 Å². The van der Waals surface area contributed by atoms with Crippen molar-refractivity contribution in [3.05, 3.63) is 21.3 Å². The summed E-state index contributed by atoms with van der Waals surface area (Å²) in [5.41, 5.74) is 0.720. The SMILES string of the molecule is CCN(CC(C)C(=O)OC)C(=O)C1CC(c2ccc(Cl)s2)=NO1. The number of ether oxygens (including phenoxy) is 1. The summed E-state index contributed by atoms with van der Waals surface area (Å²) in [4.78, 5) is 31.9. The molecule has 0 spiro atoms. The van der Waals surface area contributed by atoms with E-state index in [1.807, 2.05) is 13.0 Å². The van der Waals surface area contributed by atoms with Gasteiger partial charge in [0.25, 0.3) is 5.91 Å². The minimum Gasteiger partial charge on any atom is -0.469 e. The van der Waals surface area contributed by atoms with Crippen molar-refractivity contribution in [1.29, 1.82) is 0 Å². The van der Waals surface area contributed by atoms with Crippen molar-refractivity contribution in [2.45, 2.75) is 26.4 Å². The van der Waals surface area contributed by atoms with E-state index in [2.05, 4.69) is 5.16 Å². The Kier molecular flexibility index (Phi) is 6.01. The first-order chi connectivity index (χ1) is 11.0. The predicted octanol–water partition coefficient (Wildman–Crippen LogP) is 2.55. The van der Waals surface area contributed by atoms with E-state index >= 15 is 0 Å². The standard InChI is InChI=1S/C15H19ClN2O4S/c1-4-18(8-9(2)15(20)21-3)14(19)11-7-10(17-22-11)12-5-6-13(16)23-12/h5-6,9,11H,4,7-8H2,1-3H3. The summed E-state index contributed by atoms with van der Waals surface area (Å²) in [6.45, 7) is 4.37. The van der Waals surface area contributed by atoms with Gasteiger partial charge < -0.3 is 14.5 Å².